The van der Waals surface area contributed by atoms with Crippen molar-refractivity contribution in [2.75, 3.05) is 0 Å². The lowest BCUT2D eigenvalue weighted by molar-refractivity contribution is 0.192. The average molecular weight is 233 g/mol. The van der Waals surface area contributed by atoms with Crippen molar-refractivity contribution in [3.05, 3.63) is 29.3 Å². The molecule has 0 spiro atoms. The van der Waals surface area contributed by atoms with Crippen molar-refractivity contribution in [1.29, 1.82) is 0 Å². The molecule has 1 unspecified atom stereocenters. The molecule has 0 amide bonds. The Kier molecular flexibility index (Phi) is 4.06. The van der Waals surface area contributed by atoms with E-state index in [2.05, 4.69) is 32.0 Å². The largest absolute Gasteiger partial charge is 0.490 e. The molecule has 0 heterocycles. The lowest BCUT2D eigenvalue weighted by Crippen LogP contribution is -2.18. The third-order valence-corrected chi connectivity index (χ3v) is 3.69. The van der Waals surface area contributed by atoms with Crippen LogP contribution in [0.5, 0.6) is 5.75 Å². The van der Waals surface area contributed by atoms with Gasteiger partial charge in [0.15, 0.2) is 0 Å². The SMILES string of the molecule is CCC(CC)Oc1ccc2c(c1)C(N)CCC2. The predicted octanol–water partition coefficient (Wildman–Crippen LogP) is 3.59. The molecule has 0 bridgehead atoms. The molecule has 0 radical (unpaired) electrons. The van der Waals surface area contributed by atoms with Crippen LogP contribution in [-0.4, -0.2) is 6.10 Å². The average Bonchev–Trinajstić information content (AvgIpc) is 2.37. The fourth-order valence-electron chi connectivity index (χ4n) is 2.53. The van der Waals surface area contributed by atoms with Crippen molar-refractivity contribution in [3.63, 3.8) is 0 Å². The molecule has 1 aliphatic rings. The van der Waals surface area contributed by atoms with Crippen LogP contribution in [0.1, 0.15) is 56.7 Å². The van der Waals surface area contributed by atoms with Gasteiger partial charge in [0.1, 0.15) is 5.75 Å². The minimum atomic E-state index is 0.198. The summed E-state index contributed by atoms with van der Waals surface area (Å²) in [4.78, 5) is 0. The van der Waals surface area contributed by atoms with Gasteiger partial charge in [-0.25, -0.2) is 0 Å². The molecule has 1 aromatic rings. The Balaban J connectivity index is 2.17. The van der Waals surface area contributed by atoms with Crippen LogP contribution in [0.25, 0.3) is 0 Å². The number of benzene rings is 1. The second-order valence-electron chi connectivity index (χ2n) is 4.92. The first-order chi connectivity index (χ1) is 8.24. The standard InChI is InChI=1S/C15H23NO/c1-3-12(4-2)17-13-9-8-11-6-5-7-15(16)14(11)10-13/h8-10,12,15H,3-7,16H2,1-2H3. The molecule has 0 saturated heterocycles. The van der Waals surface area contributed by atoms with Crippen molar-refractivity contribution < 1.29 is 4.74 Å². The minimum absolute atomic E-state index is 0.198. The lowest BCUT2D eigenvalue weighted by atomic mass is 9.88. The quantitative estimate of drug-likeness (QED) is 0.862. The molecule has 1 atom stereocenters. The first-order valence-corrected chi connectivity index (χ1v) is 6.79. The molecule has 2 heteroatoms. The summed E-state index contributed by atoms with van der Waals surface area (Å²) in [6, 6.07) is 6.63. The Hall–Kier alpha value is -1.02. The first kappa shape index (κ1) is 12.4. The zero-order chi connectivity index (χ0) is 12.3. The number of rotatable bonds is 4. The molecule has 94 valence electrons. The second kappa shape index (κ2) is 5.54. The molecule has 1 aliphatic carbocycles. The van der Waals surface area contributed by atoms with Crippen molar-refractivity contribution in [1.82, 2.24) is 0 Å². The van der Waals surface area contributed by atoms with Crippen LogP contribution in [0, 0.1) is 0 Å². The topological polar surface area (TPSA) is 35.2 Å². The summed E-state index contributed by atoms with van der Waals surface area (Å²) in [6.45, 7) is 4.33. The summed E-state index contributed by atoms with van der Waals surface area (Å²) in [6.07, 6.45) is 5.91. The van der Waals surface area contributed by atoms with Gasteiger partial charge in [0.2, 0.25) is 0 Å². The molecular weight excluding hydrogens is 210 g/mol. The van der Waals surface area contributed by atoms with Crippen molar-refractivity contribution in [2.24, 2.45) is 5.73 Å². The highest BCUT2D eigenvalue weighted by Crippen LogP contribution is 2.31. The molecule has 0 saturated carbocycles. The smallest absolute Gasteiger partial charge is 0.120 e. The van der Waals surface area contributed by atoms with Crippen LogP contribution >= 0.6 is 0 Å². The van der Waals surface area contributed by atoms with E-state index in [-0.39, 0.29) is 6.04 Å². The maximum absolute atomic E-state index is 6.16. The monoisotopic (exact) mass is 233 g/mol. The highest BCUT2D eigenvalue weighted by atomic mass is 16.5. The number of nitrogens with two attached hydrogens (primary N) is 1. The van der Waals surface area contributed by atoms with E-state index in [0.717, 1.165) is 31.4 Å². The molecule has 17 heavy (non-hydrogen) atoms. The number of aryl methyl sites for hydroxylation is 1. The van der Waals surface area contributed by atoms with E-state index in [9.17, 15) is 0 Å². The van der Waals surface area contributed by atoms with Gasteiger partial charge in [0.05, 0.1) is 6.10 Å². The van der Waals surface area contributed by atoms with Crippen LogP contribution in [0.15, 0.2) is 18.2 Å². The number of hydrogen-bond donors (Lipinski definition) is 1. The van der Waals surface area contributed by atoms with E-state index in [0.29, 0.717) is 6.10 Å². The molecule has 0 fully saturated rings. The third kappa shape index (κ3) is 2.81. The van der Waals surface area contributed by atoms with Gasteiger partial charge < -0.3 is 10.5 Å². The highest BCUT2D eigenvalue weighted by Gasteiger charge is 2.17. The summed E-state index contributed by atoms with van der Waals surface area (Å²) < 4.78 is 5.97. The summed E-state index contributed by atoms with van der Waals surface area (Å²) in [5.41, 5.74) is 8.85. The normalized spacial score (nSPS) is 19.2. The van der Waals surface area contributed by atoms with Crippen molar-refractivity contribution in [3.8, 4) is 5.75 Å². The Bertz CT molecular complexity index is 371. The Morgan fingerprint density at radius 1 is 1.35 bits per heavy atom. The number of ether oxygens (including phenoxy) is 1. The molecule has 2 N–H and O–H groups in total. The fourth-order valence-corrected chi connectivity index (χ4v) is 2.53. The zero-order valence-corrected chi connectivity index (χ0v) is 10.9. The van der Waals surface area contributed by atoms with E-state index >= 15 is 0 Å². The van der Waals surface area contributed by atoms with Gasteiger partial charge in [-0.3, -0.25) is 0 Å². The zero-order valence-electron chi connectivity index (χ0n) is 10.9. The Morgan fingerprint density at radius 2 is 2.12 bits per heavy atom. The first-order valence-electron chi connectivity index (χ1n) is 6.79. The molecule has 2 rings (SSSR count). The molecule has 0 aromatic heterocycles. The predicted molar refractivity (Wildman–Crippen MR) is 71.3 cm³/mol. The van der Waals surface area contributed by atoms with E-state index in [1.54, 1.807) is 0 Å². The fraction of sp³-hybridized carbons (Fsp3) is 0.600. The van der Waals surface area contributed by atoms with Crippen LogP contribution in [0.3, 0.4) is 0 Å². The van der Waals surface area contributed by atoms with Gasteiger partial charge in [0, 0.05) is 6.04 Å². The second-order valence-corrected chi connectivity index (χ2v) is 4.92. The summed E-state index contributed by atoms with van der Waals surface area (Å²) in [5.74, 6) is 0.981. The van der Waals surface area contributed by atoms with Crippen LogP contribution in [0.2, 0.25) is 0 Å². The van der Waals surface area contributed by atoms with Crippen LogP contribution in [-0.2, 0) is 6.42 Å². The molecule has 0 aliphatic heterocycles. The summed E-state index contributed by atoms with van der Waals surface area (Å²) in [5, 5.41) is 0. The lowest BCUT2D eigenvalue weighted by Gasteiger charge is -2.24. The Morgan fingerprint density at radius 3 is 2.82 bits per heavy atom. The van der Waals surface area contributed by atoms with Gasteiger partial charge in [0.25, 0.3) is 0 Å². The van der Waals surface area contributed by atoms with Gasteiger partial charge in [-0.1, -0.05) is 19.9 Å². The number of fused-ring (bicyclic) bond motifs is 1. The third-order valence-electron chi connectivity index (χ3n) is 3.69. The molecule has 2 nitrogen and oxygen atoms in total. The highest BCUT2D eigenvalue weighted by molar-refractivity contribution is 5.39. The molecule has 1 aromatic carbocycles. The Labute approximate surface area is 104 Å². The minimum Gasteiger partial charge on any atom is -0.490 e. The number of hydrogen-bond acceptors (Lipinski definition) is 2. The van der Waals surface area contributed by atoms with Gasteiger partial charge in [-0.05, 0) is 55.4 Å². The van der Waals surface area contributed by atoms with Crippen molar-refractivity contribution in [2.45, 2.75) is 58.1 Å². The van der Waals surface area contributed by atoms with Gasteiger partial charge in [-0.2, -0.15) is 0 Å². The van der Waals surface area contributed by atoms with Crippen LogP contribution in [0.4, 0.5) is 0 Å². The maximum atomic E-state index is 6.16. The van der Waals surface area contributed by atoms with E-state index in [4.69, 9.17) is 10.5 Å². The molecular formula is C15H23NO. The van der Waals surface area contributed by atoms with E-state index in [1.165, 1.54) is 17.5 Å². The van der Waals surface area contributed by atoms with Crippen molar-refractivity contribution >= 4 is 0 Å². The van der Waals surface area contributed by atoms with Gasteiger partial charge >= 0.3 is 0 Å². The summed E-state index contributed by atoms with van der Waals surface area (Å²) >= 11 is 0. The van der Waals surface area contributed by atoms with E-state index in [1.807, 2.05) is 0 Å². The van der Waals surface area contributed by atoms with Gasteiger partial charge in [-0.15, -0.1) is 0 Å². The van der Waals surface area contributed by atoms with Crippen LogP contribution < -0.4 is 10.5 Å². The van der Waals surface area contributed by atoms with E-state index < -0.39 is 0 Å². The maximum Gasteiger partial charge on any atom is 0.120 e. The summed E-state index contributed by atoms with van der Waals surface area (Å²) in [7, 11) is 0.